The lowest BCUT2D eigenvalue weighted by Gasteiger charge is -2.33. The fraction of sp³-hybridized carbons (Fsp3) is 0.400. The minimum absolute atomic E-state index is 0.0123. The zero-order valence-corrected chi connectivity index (χ0v) is 17.9. The number of urea groups is 1. The lowest BCUT2D eigenvalue weighted by atomic mass is 10.1. The van der Waals surface area contributed by atoms with E-state index in [1.807, 2.05) is 6.92 Å². The zero-order chi connectivity index (χ0) is 21.9. The third kappa shape index (κ3) is 5.53. The summed E-state index contributed by atoms with van der Waals surface area (Å²) < 4.78 is 39.2. The highest BCUT2D eigenvalue weighted by Gasteiger charge is 2.23. The van der Waals surface area contributed by atoms with Gasteiger partial charge in [0.25, 0.3) is 0 Å². The van der Waals surface area contributed by atoms with Crippen molar-refractivity contribution in [2.75, 3.05) is 37.3 Å². The summed E-state index contributed by atoms with van der Waals surface area (Å²) in [4.78, 5) is 19.5. The topological polar surface area (TPSA) is 99.8 Å². The molecule has 0 bridgehead atoms. The van der Waals surface area contributed by atoms with E-state index in [2.05, 4.69) is 9.88 Å². The monoisotopic (exact) mass is 435 g/mol. The molecule has 2 amide bonds. The molecule has 0 unspecified atom stereocenters. The third-order valence-electron chi connectivity index (χ3n) is 5.12. The molecule has 0 spiro atoms. The largest absolute Gasteiger partial charge is 0.351 e. The summed E-state index contributed by atoms with van der Waals surface area (Å²) in [6.45, 7) is 4.45. The first-order valence-corrected chi connectivity index (χ1v) is 11.4. The maximum atomic E-state index is 14.5. The number of primary amides is 1. The Kier molecular flexibility index (Phi) is 6.69. The number of hydrogen-bond donors (Lipinski definition) is 1. The van der Waals surface area contributed by atoms with E-state index in [0.29, 0.717) is 44.0 Å². The molecule has 0 saturated carbocycles. The number of carbonyl (C=O) groups is 1. The minimum atomic E-state index is -3.18. The van der Waals surface area contributed by atoms with Crippen molar-refractivity contribution in [1.29, 1.82) is 0 Å². The Morgan fingerprint density at radius 1 is 1.20 bits per heavy atom. The molecule has 0 atom stereocenters. The summed E-state index contributed by atoms with van der Waals surface area (Å²) in [6, 6.07) is 7.58. The van der Waals surface area contributed by atoms with E-state index < -0.39 is 21.9 Å². The van der Waals surface area contributed by atoms with Gasteiger partial charge in [-0.2, -0.15) is 4.31 Å². The van der Waals surface area contributed by atoms with Crippen molar-refractivity contribution in [3.63, 3.8) is 0 Å². The number of amides is 2. The van der Waals surface area contributed by atoms with Crippen LogP contribution in [0.3, 0.4) is 0 Å². The molecule has 30 heavy (non-hydrogen) atoms. The second kappa shape index (κ2) is 9.07. The van der Waals surface area contributed by atoms with E-state index in [-0.39, 0.29) is 6.54 Å². The van der Waals surface area contributed by atoms with Gasteiger partial charge in [0.15, 0.2) is 0 Å². The highest BCUT2D eigenvalue weighted by Crippen LogP contribution is 2.20. The molecular formula is C20H26FN5O3S. The smallest absolute Gasteiger partial charge is 0.319 e. The van der Waals surface area contributed by atoms with Gasteiger partial charge in [-0.25, -0.2) is 17.6 Å². The van der Waals surface area contributed by atoms with Crippen molar-refractivity contribution < 1.29 is 17.6 Å². The van der Waals surface area contributed by atoms with Gasteiger partial charge in [0, 0.05) is 44.0 Å². The predicted molar refractivity (Wildman–Crippen MR) is 113 cm³/mol. The molecule has 10 heteroatoms. The zero-order valence-electron chi connectivity index (χ0n) is 17.1. The number of sulfonamides is 1. The minimum Gasteiger partial charge on any atom is -0.351 e. The number of rotatable bonds is 6. The predicted octanol–water partition coefficient (Wildman–Crippen LogP) is 1.69. The number of pyridine rings is 1. The van der Waals surface area contributed by atoms with Crippen LogP contribution in [0.4, 0.5) is 14.9 Å². The van der Waals surface area contributed by atoms with Crippen molar-refractivity contribution in [2.45, 2.75) is 20.0 Å². The van der Waals surface area contributed by atoms with Crippen LogP contribution < -0.4 is 10.6 Å². The van der Waals surface area contributed by atoms with Gasteiger partial charge in [-0.05, 0) is 36.8 Å². The maximum absolute atomic E-state index is 14.5. The first-order valence-electron chi connectivity index (χ1n) is 9.58. The average Bonchev–Trinajstić information content (AvgIpc) is 2.68. The van der Waals surface area contributed by atoms with Crippen molar-refractivity contribution in [3.05, 3.63) is 59.2 Å². The molecule has 1 aliphatic heterocycles. The molecule has 162 valence electrons. The number of piperazine rings is 1. The van der Waals surface area contributed by atoms with Crippen LogP contribution >= 0.6 is 0 Å². The number of hydrogen-bond acceptors (Lipinski definition) is 5. The normalized spacial score (nSPS) is 15.8. The number of aromatic nitrogens is 1. The van der Waals surface area contributed by atoms with Crippen molar-refractivity contribution in [1.82, 2.24) is 14.2 Å². The molecule has 8 nitrogen and oxygen atoms in total. The van der Waals surface area contributed by atoms with E-state index in [1.54, 1.807) is 24.3 Å². The third-order valence-corrected chi connectivity index (χ3v) is 6.42. The summed E-state index contributed by atoms with van der Waals surface area (Å²) in [6.07, 6.45) is 2.74. The maximum Gasteiger partial charge on any atom is 0.319 e. The van der Waals surface area contributed by atoms with Crippen LogP contribution in [0.2, 0.25) is 0 Å². The van der Waals surface area contributed by atoms with Gasteiger partial charge in [-0.15, -0.1) is 0 Å². The Morgan fingerprint density at radius 2 is 1.90 bits per heavy atom. The molecule has 2 aromatic rings. The molecule has 2 heterocycles. The summed E-state index contributed by atoms with van der Waals surface area (Å²) in [7, 11) is -3.18. The van der Waals surface area contributed by atoms with E-state index in [4.69, 9.17) is 5.73 Å². The number of nitrogens with zero attached hydrogens (tertiary/aromatic N) is 4. The molecular weight excluding hydrogens is 409 g/mol. The Morgan fingerprint density at radius 3 is 2.47 bits per heavy atom. The Hall–Kier alpha value is -2.56. The molecule has 2 N–H and O–H groups in total. The van der Waals surface area contributed by atoms with Gasteiger partial charge < -0.3 is 5.73 Å². The van der Waals surface area contributed by atoms with Gasteiger partial charge in [0.1, 0.15) is 5.82 Å². The summed E-state index contributed by atoms with van der Waals surface area (Å²) in [5, 5.41) is 0. The van der Waals surface area contributed by atoms with Gasteiger partial charge in [0.2, 0.25) is 10.0 Å². The molecule has 1 aliphatic rings. The first-order chi connectivity index (χ1) is 14.1. The summed E-state index contributed by atoms with van der Waals surface area (Å²) >= 11 is 0. The number of halogens is 1. The molecule has 1 fully saturated rings. The first kappa shape index (κ1) is 22.1. The lowest BCUT2D eigenvalue weighted by molar-refractivity contribution is 0.182. The molecule has 1 saturated heterocycles. The molecule has 3 rings (SSSR count). The summed E-state index contributed by atoms with van der Waals surface area (Å²) in [5.41, 5.74) is 8.04. The van der Waals surface area contributed by atoms with Crippen LogP contribution in [-0.2, 0) is 23.1 Å². The Balaban J connectivity index is 1.72. The van der Waals surface area contributed by atoms with Crippen LogP contribution in [0, 0.1) is 12.7 Å². The number of anilines is 1. The number of nitrogens with two attached hydrogens (primary N) is 1. The lowest BCUT2D eigenvalue weighted by Crippen LogP contribution is -2.47. The fourth-order valence-electron chi connectivity index (χ4n) is 3.41. The number of benzene rings is 1. The fourth-order valence-corrected chi connectivity index (χ4v) is 4.24. The highest BCUT2D eigenvalue weighted by molar-refractivity contribution is 7.88. The second-order valence-corrected chi connectivity index (χ2v) is 9.43. The van der Waals surface area contributed by atoms with Crippen molar-refractivity contribution in [2.24, 2.45) is 5.73 Å². The van der Waals surface area contributed by atoms with Crippen LogP contribution in [0.5, 0.6) is 0 Å². The molecule has 1 aromatic heterocycles. The molecule has 1 aromatic carbocycles. The highest BCUT2D eigenvalue weighted by atomic mass is 32.2. The quantitative estimate of drug-likeness (QED) is 0.744. The van der Waals surface area contributed by atoms with E-state index in [9.17, 15) is 17.6 Å². The molecule has 0 radical (unpaired) electrons. The SMILES string of the molecule is Cc1ccc(N(Cc2cc(CN3CCN(S(C)(=O)=O)CC3)ccc2F)C(N)=O)cn1. The van der Waals surface area contributed by atoms with Crippen LogP contribution in [0.25, 0.3) is 0 Å². The second-order valence-electron chi connectivity index (χ2n) is 7.45. The van der Waals surface area contributed by atoms with Crippen LogP contribution in [-0.4, -0.2) is 61.1 Å². The van der Waals surface area contributed by atoms with Crippen molar-refractivity contribution in [3.8, 4) is 0 Å². The Labute approximate surface area is 176 Å². The van der Waals surface area contributed by atoms with E-state index in [1.165, 1.54) is 27.7 Å². The summed E-state index contributed by atoms with van der Waals surface area (Å²) in [5.74, 6) is -0.424. The molecule has 0 aliphatic carbocycles. The van der Waals surface area contributed by atoms with Gasteiger partial charge in [0.05, 0.1) is 24.7 Å². The Bertz CT molecular complexity index is 1010. The van der Waals surface area contributed by atoms with E-state index >= 15 is 0 Å². The van der Waals surface area contributed by atoms with Crippen molar-refractivity contribution >= 4 is 21.7 Å². The van der Waals surface area contributed by atoms with Crippen LogP contribution in [0.1, 0.15) is 16.8 Å². The van der Waals surface area contributed by atoms with Gasteiger partial charge in [-0.1, -0.05) is 6.07 Å². The average molecular weight is 436 g/mol. The van der Waals surface area contributed by atoms with Gasteiger partial charge >= 0.3 is 6.03 Å². The van der Waals surface area contributed by atoms with Gasteiger partial charge in [-0.3, -0.25) is 14.8 Å². The number of carbonyl (C=O) groups excluding carboxylic acids is 1. The van der Waals surface area contributed by atoms with Crippen LogP contribution in [0.15, 0.2) is 36.5 Å². The van der Waals surface area contributed by atoms with E-state index in [0.717, 1.165) is 11.3 Å². The standard InChI is InChI=1S/C20H26FN5O3S/c1-15-3-5-18(12-23-15)26(20(22)27)14-17-11-16(4-6-19(17)21)13-24-7-9-25(10-8-24)30(2,28)29/h3-6,11-12H,7-10,13-14H2,1-2H3,(H2,22,27). The number of aryl methyl sites for hydroxylation is 1.